The molecule has 20 heavy (non-hydrogen) atoms. The molecule has 3 N–H and O–H groups in total. The molecule has 0 fully saturated rings. The molecular formula is C12H19N3O4S. The molecule has 0 aliphatic rings. The zero-order valence-electron chi connectivity index (χ0n) is 11.5. The highest BCUT2D eigenvalue weighted by Crippen LogP contribution is 2.18. The minimum atomic E-state index is -3.80. The molecule has 0 aliphatic heterocycles. The molecule has 0 unspecified atom stereocenters. The topological polar surface area (TPSA) is 115 Å². The fraction of sp³-hybridized carbons (Fsp3) is 0.500. The van der Waals surface area contributed by atoms with Gasteiger partial charge in [0.1, 0.15) is 0 Å². The van der Waals surface area contributed by atoms with Gasteiger partial charge < -0.3 is 5.73 Å². The molecule has 1 aromatic carbocycles. The van der Waals surface area contributed by atoms with E-state index in [2.05, 4.69) is 4.72 Å². The van der Waals surface area contributed by atoms with Gasteiger partial charge in [0.15, 0.2) is 0 Å². The van der Waals surface area contributed by atoms with Gasteiger partial charge in [-0.05, 0) is 18.9 Å². The van der Waals surface area contributed by atoms with Gasteiger partial charge in [0, 0.05) is 24.2 Å². The van der Waals surface area contributed by atoms with Crippen LogP contribution in [0.3, 0.4) is 0 Å². The van der Waals surface area contributed by atoms with E-state index in [0.29, 0.717) is 12.8 Å². The monoisotopic (exact) mass is 301 g/mol. The molecule has 0 saturated carbocycles. The summed E-state index contributed by atoms with van der Waals surface area (Å²) in [6.45, 7) is 3.85. The molecular weight excluding hydrogens is 282 g/mol. The Kier molecular flexibility index (Phi) is 5.21. The average Bonchev–Trinajstić information content (AvgIpc) is 2.45. The number of nitrogens with two attached hydrogens (primary N) is 1. The first-order valence-corrected chi connectivity index (χ1v) is 7.75. The molecule has 0 amide bonds. The lowest BCUT2D eigenvalue weighted by Gasteiger charge is -2.26. The molecule has 0 bridgehead atoms. The van der Waals surface area contributed by atoms with Crippen molar-refractivity contribution in [3.8, 4) is 0 Å². The molecule has 0 aliphatic carbocycles. The van der Waals surface area contributed by atoms with Gasteiger partial charge in [-0.15, -0.1) is 0 Å². The molecule has 0 heterocycles. The van der Waals surface area contributed by atoms with E-state index in [4.69, 9.17) is 5.73 Å². The molecule has 1 aromatic rings. The molecule has 7 nitrogen and oxygen atoms in total. The van der Waals surface area contributed by atoms with Crippen LogP contribution in [0.1, 0.15) is 26.7 Å². The van der Waals surface area contributed by atoms with Crippen LogP contribution < -0.4 is 10.5 Å². The Balaban J connectivity index is 2.95. The zero-order valence-corrected chi connectivity index (χ0v) is 12.3. The van der Waals surface area contributed by atoms with E-state index in [1.54, 1.807) is 0 Å². The molecule has 0 aromatic heterocycles. The highest BCUT2D eigenvalue weighted by molar-refractivity contribution is 7.89. The molecule has 0 saturated heterocycles. The first kappa shape index (κ1) is 16.5. The normalized spacial score (nSPS) is 12.3. The number of nitrogens with one attached hydrogen (secondary N) is 1. The van der Waals surface area contributed by atoms with Gasteiger partial charge in [-0.25, -0.2) is 13.1 Å². The van der Waals surface area contributed by atoms with Gasteiger partial charge in [0.05, 0.1) is 9.82 Å². The Morgan fingerprint density at radius 2 is 1.95 bits per heavy atom. The summed E-state index contributed by atoms with van der Waals surface area (Å²) < 4.78 is 26.6. The molecule has 0 atom stereocenters. The van der Waals surface area contributed by atoms with E-state index in [9.17, 15) is 18.5 Å². The Morgan fingerprint density at radius 3 is 2.45 bits per heavy atom. The highest BCUT2D eigenvalue weighted by atomic mass is 32.2. The van der Waals surface area contributed by atoms with Crippen molar-refractivity contribution in [2.45, 2.75) is 37.1 Å². The lowest BCUT2D eigenvalue weighted by Crippen LogP contribution is -2.49. The maximum absolute atomic E-state index is 12.1. The van der Waals surface area contributed by atoms with Crippen LogP contribution >= 0.6 is 0 Å². The minimum absolute atomic E-state index is 0.0883. The van der Waals surface area contributed by atoms with Gasteiger partial charge in [-0.1, -0.05) is 19.9 Å². The third kappa shape index (κ3) is 3.99. The molecule has 1 rings (SSSR count). The molecule has 0 spiro atoms. The first-order valence-electron chi connectivity index (χ1n) is 6.27. The quantitative estimate of drug-likeness (QED) is 0.583. The van der Waals surface area contributed by atoms with Crippen molar-refractivity contribution in [3.63, 3.8) is 0 Å². The summed E-state index contributed by atoms with van der Waals surface area (Å²) in [6.07, 6.45) is 1.25. The molecule has 112 valence electrons. The number of benzene rings is 1. The van der Waals surface area contributed by atoms with Gasteiger partial charge in [-0.2, -0.15) is 0 Å². The van der Waals surface area contributed by atoms with Crippen molar-refractivity contribution in [3.05, 3.63) is 34.4 Å². The van der Waals surface area contributed by atoms with Crippen molar-refractivity contribution >= 4 is 15.7 Å². The van der Waals surface area contributed by atoms with E-state index in [1.807, 2.05) is 13.8 Å². The number of hydrogen-bond acceptors (Lipinski definition) is 5. The van der Waals surface area contributed by atoms with Crippen LogP contribution in [0, 0.1) is 10.1 Å². The maximum Gasteiger partial charge on any atom is 0.270 e. The van der Waals surface area contributed by atoms with Crippen LogP contribution in [-0.4, -0.2) is 25.4 Å². The number of non-ortho nitro benzene ring substituents is 1. The Bertz CT molecular complexity index is 582. The predicted octanol–water partition coefficient (Wildman–Crippen LogP) is 1.39. The highest BCUT2D eigenvalue weighted by Gasteiger charge is 2.24. The third-order valence-electron chi connectivity index (χ3n) is 3.36. The summed E-state index contributed by atoms with van der Waals surface area (Å²) in [5.41, 5.74) is 5.14. The minimum Gasteiger partial charge on any atom is -0.324 e. The van der Waals surface area contributed by atoms with Gasteiger partial charge >= 0.3 is 0 Å². The van der Waals surface area contributed by atoms with Crippen molar-refractivity contribution in [2.24, 2.45) is 5.73 Å². The van der Waals surface area contributed by atoms with Crippen molar-refractivity contribution < 1.29 is 13.3 Å². The summed E-state index contributed by atoms with van der Waals surface area (Å²) in [6, 6.07) is 4.91. The summed E-state index contributed by atoms with van der Waals surface area (Å²) in [5.74, 6) is 0. The first-order chi connectivity index (χ1) is 9.24. The van der Waals surface area contributed by atoms with Gasteiger partial charge in [0.2, 0.25) is 10.0 Å². The number of nitrogens with zero attached hydrogens (tertiary/aromatic N) is 1. The predicted molar refractivity (Wildman–Crippen MR) is 75.8 cm³/mol. The largest absolute Gasteiger partial charge is 0.324 e. The lowest BCUT2D eigenvalue weighted by atomic mass is 9.95. The number of rotatable bonds is 7. The van der Waals surface area contributed by atoms with E-state index >= 15 is 0 Å². The van der Waals surface area contributed by atoms with Crippen molar-refractivity contribution in [1.29, 1.82) is 0 Å². The number of sulfonamides is 1. The van der Waals surface area contributed by atoms with E-state index in [0.717, 1.165) is 6.07 Å². The smallest absolute Gasteiger partial charge is 0.270 e. The van der Waals surface area contributed by atoms with Crippen LogP contribution in [0.5, 0.6) is 0 Å². The zero-order chi connectivity index (χ0) is 15.4. The van der Waals surface area contributed by atoms with Crippen molar-refractivity contribution in [2.75, 3.05) is 6.54 Å². The fourth-order valence-corrected chi connectivity index (χ4v) is 2.76. The SMILES string of the molecule is CCC(N)(CC)CNS(=O)(=O)c1cccc([N+](=O)[O-])c1. The van der Waals surface area contributed by atoms with Crippen LogP contribution in [-0.2, 0) is 10.0 Å². The Morgan fingerprint density at radius 1 is 1.35 bits per heavy atom. The van der Waals surface area contributed by atoms with Crippen LogP contribution in [0.2, 0.25) is 0 Å². The second-order valence-electron chi connectivity index (χ2n) is 4.65. The summed E-state index contributed by atoms with van der Waals surface area (Å²) >= 11 is 0. The number of nitro groups is 1. The molecule has 0 radical (unpaired) electrons. The maximum atomic E-state index is 12.1. The summed E-state index contributed by atoms with van der Waals surface area (Å²) in [4.78, 5) is 9.89. The third-order valence-corrected chi connectivity index (χ3v) is 4.76. The van der Waals surface area contributed by atoms with Crippen molar-refractivity contribution in [1.82, 2.24) is 4.72 Å². The number of hydrogen-bond donors (Lipinski definition) is 2. The van der Waals surface area contributed by atoms with Crippen LogP contribution in [0.15, 0.2) is 29.2 Å². The Labute approximate surface area is 118 Å². The van der Waals surface area contributed by atoms with E-state index in [1.165, 1.54) is 18.2 Å². The van der Waals surface area contributed by atoms with Crippen LogP contribution in [0.4, 0.5) is 5.69 Å². The fourth-order valence-electron chi connectivity index (χ4n) is 1.59. The second kappa shape index (κ2) is 6.29. The lowest BCUT2D eigenvalue weighted by molar-refractivity contribution is -0.385. The van der Waals surface area contributed by atoms with Gasteiger partial charge in [-0.3, -0.25) is 10.1 Å². The summed E-state index contributed by atoms with van der Waals surface area (Å²) in [5, 5.41) is 10.7. The van der Waals surface area contributed by atoms with Crippen LogP contribution in [0.25, 0.3) is 0 Å². The molecule has 8 heteroatoms. The van der Waals surface area contributed by atoms with Gasteiger partial charge in [0.25, 0.3) is 5.69 Å². The number of nitro benzene ring substituents is 1. The van der Waals surface area contributed by atoms with E-state index in [-0.39, 0.29) is 17.1 Å². The second-order valence-corrected chi connectivity index (χ2v) is 6.42. The standard InChI is InChI=1S/C12H19N3O4S/c1-3-12(13,4-2)9-14-20(18,19)11-7-5-6-10(8-11)15(16)17/h5-8,14H,3-4,9,13H2,1-2H3. The Hall–Kier alpha value is -1.51. The summed E-state index contributed by atoms with van der Waals surface area (Å²) in [7, 11) is -3.80. The average molecular weight is 301 g/mol. The van der Waals surface area contributed by atoms with E-state index < -0.39 is 20.5 Å².